The van der Waals surface area contributed by atoms with E-state index in [0.717, 1.165) is 25.7 Å². The molecule has 1 aromatic rings. The highest BCUT2D eigenvalue weighted by molar-refractivity contribution is 5.76. The summed E-state index contributed by atoms with van der Waals surface area (Å²) in [5.74, 6) is -0.551. The summed E-state index contributed by atoms with van der Waals surface area (Å²) in [6.07, 6.45) is 3.31. The number of nitriles is 1. The van der Waals surface area contributed by atoms with E-state index in [2.05, 4.69) is 5.32 Å². The van der Waals surface area contributed by atoms with Gasteiger partial charge in [0.1, 0.15) is 5.82 Å². The summed E-state index contributed by atoms with van der Waals surface area (Å²) in [5, 5.41) is 12.1. The van der Waals surface area contributed by atoms with Gasteiger partial charge in [0, 0.05) is 24.1 Å². The van der Waals surface area contributed by atoms with Gasteiger partial charge in [-0.2, -0.15) is 5.26 Å². The van der Waals surface area contributed by atoms with E-state index in [-0.39, 0.29) is 23.7 Å². The summed E-state index contributed by atoms with van der Waals surface area (Å²) in [7, 11) is 0. The first-order valence-corrected chi connectivity index (χ1v) is 6.81. The Morgan fingerprint density at radius 2 is 2.10 bits per heavy atom. The number of carbonyl (C=O) groups is 1. The third-order valence-corrected chi connectivity index (χ3v) is 3.89. The molecule has 1 saturated carbocycles. The van der Waals surface area contributed by atoms with Crippen molar-refractivity contribution in [3.8, 4) is 6.07 Å². The number of benzene rings is 1. The molecule has 0 unspecified atom stereocenters. The normalized spacial score (nSPS) is 22.2. The summed E-state index contributed by atoms with van der Waals surface area (Å²) in [6.45, 7) is 0.396. The zero-order chi connectivity index (χ0) is 14.5. The van der Waals surface area contributed by atoms with Gasteiger partial charge in [0.25, 0.3) is 0 Å². The van der Waals surface area contributed by atoms with E-state index in [1.165, 1.54) is 12.1 Å². The van der Waals surface area contributed by atoms with Gasteiger partial charge < -0.3 is 11.1 Å². The summed E-state index contributed by atoms with van der Waals surface area (Å²) in [5.41, 5.74) is 6.25. The van der Waals surface area contributed by atoms with Crippen molar-refractivity contribution < 1.29 is 9.18 Å². The van der Waals surface area contributed by atoms with Gasteiger partial charge in [-0.25, -0.2) is 4.39 Å². The van der Waals surface area contributed by atoms with E-state index in [9.17, 15) is 9.18 Å². The van der Waals surface area contributed by atoms with Crippen LogP contribution in [0, 0.1) is 23.1 Å². The molecule has 1 aromatic carbocycles. The lowest BCUT2D eigenvalue weighted by Crippen LogP contribution is -2.36. The lowest BCUT2D eigenvalue weighted by atomic mass is 9.85. The second kappa shape index (κ2) is 6.49. The Labute approximate surface area is 117 Å². The quantitative estimate of drug-likeness (QED) is 0.880. The lowest BCUT2D eigenvalue weighted by molar-refractivity contribution is -0.122. The maximum atomic E-state index is 13.6. The number of hydrogen-bond acceptors (Lipinski definition) is 3. The third-order valence-electron chi connectivity index (χ3n) is 3.89. The molecule has 0 aromatic heterocycles. The van der Waals surface area contributed by atoms with E-state index in [1.807, 2.05) is 6.07 Å². The van der Waals surface area contributed by atoms with Gasteiger partial charge in [-0.05, 0) is 43.9 Å². The zero-order valence-electron chi connectivity index (χ0n) is 11.2. The number of carbonyl (C=O) groups excluding carboxylic acids is 1. The summed E-state index contributed by atoms with van der Waals surface area (Å²) in [4.78, 5) is 11.1. The molecule has 4 nitrogen and oxygen atoms in total. The third kappa shape index (κ3) is 3.55. The van der Waals surface area contributed by atoms with Crippen LogP contribution in [-0.2, 0) is 11.3 Å². The molecule has 0 spiro atoms. The predicted molar refractivity (Wildman–Crippen MR) is 72.9 cm³/mol. The molecule has 1 fully saturated rings. The Morgan fingerprint density at radius 1 is 1.40 bits per heavy atom. The first-order chi connectivity index (χ1) is 9.60. The fraction of sp³-hybridized carbons (Fsp3) is 0.467. The highest BCUT2D eigenvalue weighted by Crippen LogP contribution is 2.24. The number of rotatable bonds is 4. The van der Waals surface area contributed by atoms with Crippen molar-refractivity contribution in [1.29, 1.82) is 5.26 Å². The van der Waals surface area contributed by atoms with Crippen LogP contribution in [0.3, 0.4) is 0 Å². The molecule has 106 valence electrons. The van der Waals surface area contributed by atoms with Gasteiger partial charge >= 0.3 is 0 Å². The molecule has 2 rings (SSSR count). The number of nitrogens with two attached hydrogens (primary N) is 1. The molecule has 5 heteroatoms. The Morgan fingerprint density at radius 3 is 2.70 bits per heavy atom. The summed E-state index contributed by atoms with van der Waals surface area (Å²) in [6, 6.07) is 6.63. The topological polar surface area (TPSA) is 78.9 Å². The first-order valence-electron chi connectivity index (χ1n) is 6.81. The van der Waals surface area contributed by atoms with Crippen molar-refractivity contribution in [2.24, 2.45) is 11.7 Å². The van der Waals surface area contributed by atoms with E-state index in [4.69, 9.17) is 11.0 Å². The van der Waals surface area contributed by atoms with Gasteiger partial charge in [0.2, 0.25) is 5.91 Å². The van der Waals surface area contributed by atoms with Crippen molar-refractivity contribution >= 4 is 5.91 Å². The average molecular weight is 275 g/mol. The molecule has 1 aliphatic rings. The van der Waals surface area contributed by atoms with Crippen molar-refractivity contribution in [2.75, 3.05) is 0 Å². The first kappa shape index (κ1) is 14.5. The fourth-order valence-electron chi connectivity index (χ4n) is 2.62. The number of primary amides is 1. The van der Waals surface area contributed by atoms with Crippen molar-refractivity contribution in [1.82, 2.24) is 5.32 Å². The van der Waals surface area contributed by atoms with Crippen LogP contribution in [0.4, 0.5) is 4.39 Å². The van der Waals surface area contributed by atoms with Crippen molar-refractivity contribution in [3.63, 3.8) is 0 Å². The SMILES string of the molecule is N#Cc1ccc(F)c(CNC2CCC(C(N)=O)CC2)c1. The fourth-order valence-corrected chi connectivity index (χ4v) is 2.62. The molecule has 20 heavy (non-hydrogen) atoms. The monoisotopic (exact) mass is 275 g/mol. The highest BCUT2D eigenvalue weighted by atomic mass is 19.1. The van der Waals surface area contributed by atoms with E-state index < -0.39 is 0 Å². The molecule has 1 aliphatic carbocycles. The molecular formula is C15H18FN3O. The van der Waals surface area contributed by atoms with Crippen LogP contribution in [0.1, 0.15) is 36.8 Å². The minimum Gasteiger partial charge on any atom is -0.369 e. The van der Waals surface area contributed by atoms with Gasteiger partial charge in [-0.15, -0.1) is 0 Å². The van der Waals surface area contributed by atoms with E-state index >= 15 is 0 Å². The van der Waals surface area contributed by atoms with E-state index in [1.54, 1.807) is 6.07 Å². The minimum atomic E-state index is -0.303. The molecule has 3 N–H and O–H groups in total. The molecule has 0 radical (unpaired) electrons. The smallest absolute Gasteiger partial charge is 0.220 e. The molecule has 0 bridgehead atoms. The van der Waals surface area contributed by atoms with Crippen LogP contribution in [0.2, 0.25) is 0 Å². The second-order valence-corrected chi connectivity index (χ2v) is 5.25. The van der Waals surface area contributed by atoms with Crippen LogP contribution in [0.5, 0.6) is 0 Å². The Bertz CT molecular complexity index is 530. The molecule has 0 atom stereocenters. The second-order valence-electron chi connectivity index (χ2n) is 5.25. The minimum absolute atomic E-state index is 0.0216. The molecule has 1 amide bonds. The highest BCUT2D eigenvalue weighted by Gasteiger charge is 2.24. The molecule has 0 saturated heterocycles. The Kier molecular flexibility index (Phi) is 4.70. The maximum absolute atomic E-state index is 13.6. The van der Waals surface area contributed by atoms with Crippen LogP contribution >= 0.6 is 0 Å². The number of nitrogens with one attached hydrogen (secondary N) is 1. The number of nitrogens with zero attached hydrogens (tertiary/aromatic N) is 1. The Balaban J connectivity index is 1.88. The van der Waals surface area contributed by atoms with Gasteiger partial charge in [-0.1, -0.05) is 0 Å². The number of hydrogen-bond donors (Lipinski definition) is 2. The lowest BCUT2D eigenvalue weighted by Gasteiger charge is -2.27. The maximum Gasteiger partial charge on any atom is 0.220 e. The van der Waals surface area contributed by atoms with Crippen LogP contribution in [0.15, 0.2) is 18.2 Å². The number of amides is 1. The predicted octanol–water partition coefficient (Wildman–Crippen LogP) is 1.83. The van der Waals surface area contributed by atoms with Crippen LogP contribution < -0.4 is 11.1 Å². The summed E-state index contributed by atoms with van der Waals surface area (Å²) < 4.78 is 13.6. The van der Waals surface area contributed by atoms with E-state index in [0.29, 0.717) is 17.7 Å². The van der Waals surface area contributed by atoms with Crippen LogP contribution in [0.25, 0.3) is 0 Å². The van der Waals surface area contributed by atoms with Crippen LogP contribution in [-0.4, -0.2) is 11.9 Å². The molecule has 0 heterocycles. The van der Waals surface area contributed by atoms with Gasteiger partial charge in [0.05, 0.1) is 11.6 Å². The largest absolute Gasteiger partial charge is 0.369 e. The van der Waals surface area contributed by atoms with Gasteiger partial charge in [-0.3, -0.25) is 4.79 Å². The van der Waals surface area contributed by atoms with Crippen molar-refractivity contribution in [3.05, 3.63) is 35.1 Å². The summed E-state index contributed by atoms with van der Waals surface area (Å²) >= 11 is 0. The standard InChI is InChI=1S/C15H18FN3O/c16-14-6-1-10(8-17)7-12(14)9-19-13-4-2-11(3-5-13)15(18)20/h1,6-7,11,13,19H,2-5,9H2,(H2,18,20). The van der Waals surface area contributed by atoms with Crippen molar-refractivity contribution in [2.45, 2.75) is 38.3 Å². The average Bonchev–Trinajstić information content (AvgIpc) is 2.47. The van der Waals surface area contributed by atoms with Gasteiger partial charge in [0.15, 0.2) is 0 Å². The Hall–Kier alpha value is -1.93. The molecular weight excluding hydrogens is 257 g/mol. The zero-order valence-corrected chi connectivity index (χ0v) is 11.2. The number of halogens is 1. The molecule has 0 aliphatic heterocycles.